The third-order valence-electron chi connectivity index (χ3n) is 5.60. The highest BCUT2D eigenvalue weighted by Gasteiger charge is 2.18. The van der Waals surface area contributed by atoms with Crippen molar-refractivity contribution in [2.24, 2.45) is 0 Å². The van der Waals surface area contributed by atoms with Crippen molar-refractivity contribution in [3.63, 3.8) is 0 Å². The number of hydrogen-bond donors (Lipinski definition) is 4. The van der Waals surface area contributed by atoms with Crippen molar-refractivity contribution in [2.45, 2.75) is 52.1 Å². The van der Waals surface area contributed by atoms with Gasteiger partial charge in [-0.1, -0.05) is 18.2 Å². The van der Waals surface area contributed by atoms with E-state index in [1.54, 1.807) is 32.9 Å². The van der Waals surface area contributed by atoms with Crippen molar-refractivity contribution in [2.75, 3.05) is 23.8 Å². The summed E-state index contributed by atoms with van der Waals surface area (Å²) in [6.45, 7) is 6.39. The maximum absolute atomic E-state index is 12.5. The summed E-state index contributed by atoms with van der Waals surface area (Å²) in [5, 5.41) is 7.59. The largest absolute Gasteiger partial charge is 0.443 e. The van der Waals surface area contributed by atoms with Gasteiger partial charge in [-0.25, -0.2) is 15.2 Å². The average molecular weight is 477 g/mol. The van der Waals surface area contributed by atoms with Crippen molar-refractivity contribution in [3.8, 4) is 0 Å². The molecule has 184 valence electrons. The van der Waals surface area contributed by atoms with E-state index in [2.05, 4.69) is 32.5 Å². The van der Waals surface area contributed by atoms with Crippen LogP contribution in [0.5, 0.6) is 0 Å². The van der Waals surface area contributed by atoms with Crippen LogP contribution < -0.4 is 21.5 Å². The lowest BCUT2D eigenvalue weighted by Gasteiger charge is -2.21. The van der Waals surface area contributed by atoms with Gasteiger partial charge < -0.3 is 15.4 Å². The van der Waals surface area contributed by atoms with Gasteiger partial charge in [0.15, 0.2) is 0 Å². The molecule has 1 aliphatic carbocycles. The van der Waals surface area contributed by atoms with Crippen LogP contribution in [0.3, 0.4) is 0 Å². The SMILES string of the molecule is CC(C)(C)OC(=O)NNc1ccc(C(=O)NCCNc2c3c(nc4ccccc24)CCCC3)cn1. The monoisotopic (exact) mass is 476 g/mol. The summed E-state index contributed by atoms with van der Waals surface area (Å²) in [6.07, 6.45) is 5.22. The van der Waals surface area contributed by atoms with Gasteiger partial charge >= 0.3 is 6.09 Å². The van der Waals surface area contributed by atoms with Gasteiger partial charge in [-0.3, -0.25) is 15.2 Å². The lowest BCUT2D eigenvalue weighted by molar-refractivity contribution is 0.0540. The molecule has 2 heterocycles. The van der Waals surface area contributed by atoms with Gasteiger partial charge in [-0.15, -0.1) is 0 Å². The molecule has 4 rings (SSSR count). The highest BCUT2D eigenvalue weighted by Crippen LogP contribution is 2.33. The number of ether oxygens (including phenoxy) is 1. The molecule has 0 radical (unpaired) electrons. The summed E-state index contributed by atoms with van der Waals surface area (Å²) < 4.78 is 5.15. The molecule has 0 saturated carbocycles. The Morgan fingerprint density at radius 2 is 1.83 bits per heavy atom. The highest BCUT2D eigenvalue weighted by atomic mass is 16.6. The van der Waals surface area contributed by atoms with Gasteiger partial charge in [-0.2, -0.15) is 0 Å². The molecular weight excluding hydrogens is 444 g/mol. The molecule has 1 aromatic carbocycles. The van der Waals surface area contributed by atoms with E-state index < -0.39 is 11.7 Å². The number of hydrazine groups is 1. The summed E-state index contributed by atoms with van der Waals surface area (Å²) >= 11 is 0. The van der Waals surface area contributed by atoms with Crippen LogP contribution in [0.4, 0.5) is 16.3 Å². The van der Waals surface area contributed by atoms with Crippen molar-refractivity contribution < 1.29 is 14.3 Å². The van der Waals surface area contributed by atoms with Crippen molar-refractivity contribution in [1.29, 1.82) is 0 Å². The van der Waals surface area contributed by atoms with Crippen LogP contribution in [0.25, 0.3) is 10.9 Å². The molecule has 2 amide bonds. The fourth-order valence-corrected chi connectivity index (χ4v) is 4.06. The minimum Gasteiger partial charge on any atom is -0.443 e. The van der Waals surface area contributed by atoms with Crippen LogP contribution in [0.1, 0.15) is 55.2 Å². The predicted molar refractivity (Wildman–Crippen MR) is 136 cm³/mol. The molecule has 0 bridgehead atoms. The Bertz CT molecular complexity index is 1200. The fourth-order valence-electron chi connectivity index (χ4n) is 4.06. The number of rotatable bonds is 7. The third kappa shape index (κ3) is 6.38. The molecule has 3 aromatic rings. The van der Waals surface area contributed by atoms with Gasteiger partial charge in [0.2, 0.25) is 0 Å². The Hall–Kier alpha value is -3.88. The van der Waals surface area contributed by atoms with E-state index in [9.17, 15) is 9.59 Å². The predicted octanol–water partition coefficient (Wildman–Crippen LogP) is 4.20. The van der Waals surface area contributed by atoms with Crippen LogP contribution in [0.15, 0.2) is 42.6 Å². The van der Waals surface area contributed by atoms with Crippen LogP contribution >= 0.6 is 0 Å². The van der Waals surface area contributed by atoms with E-state index in [4.69, 9.17) is 9.72 Å². The molecule has 0 spiro atoms. The van der Waals surface area contributed by atoms with Crippen LogP contribution in [-0.4, -0.2) is 40.7 Å². The molecule has 9 nitrogen and oxygen atoms in total. The van der Waals surface area contributed by atoms with E-state index in [0.717, 1.165) is 29.4 Å². The first-order valence-corrected chi connectivity index (χ1v) is 11.9. The molecule has 9 heteroatoms. The number of hydrogen-bond acceptors (Lipinski definition) is 7. The van der Waals surface area contributed by atoms with Crippen LogP contribution in [0, 0.1) is 0 Å². The first-order chi connectivity index (χ1) is 16.8. The lowest BCUT2D eigenvalue weighted by Crippen LogP contribution is -2.36. The zero-order valence-corrected chi connectivity index (χ0v) is 20.4. The zero-order valence-electron chi connectivity index (χ0n) is 20.4. The van der Waals surface area contributed by atoms with Crippen molar-refractivity contribution in [3.05, 3.63) is 59.4 Å². The minimum atomic E-state index is -0.614. The topological polar surface area (TPSA) is 117 Å². The van der Waals surface area contributed by atoms with E-state index in [1.165, 1.54) is 30.3 Å². The summed E-state index contributed by atoms with van der Waals surface area (Å²) in [4.78, 5) is 33.3. The molecule has 0 unspecified atom stereocenters. The molecule has 35 heavy (non-hydrogen) atoms. The number of carbonyl (C=O) groups is 2. The molecule has 0 aliphatic heterocycles. The second kappa shape index (κ2) is 10.6. The van der Waals surface area contributed by atoms with Crippen LogP contribution in [-0.2, 0) is 17.6 Å². The summed E-state index contributed by atoms with van der Waals surface area (Å²) in [5.74, 6) is 0.177. The van der Waals surface area contributed by atoms with Gasteiger partial charge in [0.1, 0.15) is 11.4 Å². The smallest absolute Gasteiger partial charge is 0.426 e. The van der Waals surface area contributed by atoms with Crippen molar-refractivity contribution >= 4 is 34.4 Å². The molecule has 2 aromatic heterocycles. The van der Waals surface area contributed by atoms with Crippen LogP contribution in [0.2, 0.25) is 0 Å². The van der Waals surface area contributed by atoms with Gasteiger partial charge in [0.25, 0.3) is 5.91 Å². The Morgan fingerprint density at radius 3 is 2.60 bits per heavy atom. The number of nitrogens with zero attached hydrogens (tertiary/aromatic N) is 2. The summed E-state index contributed by atoms with van der Waals surface area (Å²) in [7, 11) is 0. The number of carbonyl (C=O) groups excluding carboxylic acids is 2. The summed E-state index contributed by atoms with van der Waals surface area (Å²) in [5.41, 5.74) is 9.52. The Balaban J connectivity index is 1.29. The second-order valence-electron chi connectivity index (χ2n) is 9.50. The first kappa shape index (κ1) is 24.3. The number of anilines is 2. The van der Waals surface area contributed by atoms with Gasteiger partial charge in [0, 0.05) is 36.1 Å². The number of benzene rings is 1. The highest BCUT2D eigenvalue weighted by molar-refractivity contribution is 5.95. The number of pyridine rings is 2. The second-order valence-corrected chi connectivity index (χ2v) is 9.50. The number of aromatic nitrogens is 2. The molecule has 4 N–H and O–H groups in total. The van der Waals surface area contributed by atoms with Gasteiger partial charge in [0.05, 0.1) is 11.1 Å². The van der Waals surface area contributed by atoms with E-state index in [-0.39, 0.29) is 5.91 Å². The zero-order chi connectivity index (χ0) is 24.8. The number of para-hydroxylation sites is 1. The van der Waals surface area contributed by atoms with E-state index in [1.807, 2.05) is 18.2 Å². The molecule has 0 fully saturated rings. The maximum Gasteiger partial charge on any atom is 0.426 e. The maximum atomic E-state index is 12.5. The number of aryl methyl sites for hydroxylation is 1. The standard InChI is InChI=1S/C26H32N6O3/c1-26(2,3)35-25(34)32-31-22-13-12-17(16-29-22)24(33)28-15-14-27-23-18-8-4-6-10-20(18)30-21-11-7-5-9-19(21)23/h4,6,8,10,12-13,16H,5,7,9,11,14-15H2,1-3H3,(H,27,30)(H,28,33)(H,29,31)(H,32,34). The molecule has 0 saturated heterocycles. The average Bonchev–Trinajstić information content (AvgIpc) is 2.84. The van der Waals surface area contributed by atoms with Gasteiger partial charge in [-0.05, 0) is 70.2 Å². The Kier molecular flexibility index (Phi) is 7.33. The molecule has 1 aliphatic rings. The third-order valence-corrected chi connectivity index (χ3v) is 5.60. The normalized spacial score (nSPS) is 13.0. The number of nitrogens with one attached hydrogen (secondary N) is 4. The lowest BCUT2D eigenvalue weighted by atomic mass is 9.92. The minimum absolute atomic E-state index is 0.215. The Morgan fingerprint density at radius 1 is 1.03 bits per heavy atom. The van der Waals surface area contributed by atoms with Crippen molar-refractivity contribution in [1.82, 2.24) is 20.7 Å². The quantitative estimate of drug-likeness (QED) is 0.298. The number of fused-ring (bicyclic) bond motifs is 2. The molecule has 0 atom stereocenters. The van der Waals surface area contributed by atoms with E-state index >= 15 is 0 Å². The Labute approximate surface area is 205 Å². The van der Waals surface area contributed by atoms with E-state index in [0.29, 0.717) is 24.5 Å². The summed E-state index contributed by atoms with van der Waals surface area (Å²) in [6, 6.07) is 11.4. The first-order valence-electron chi connectivity index (χ1n) is 11.9. The fraction of sp³-hybridized carbons (Fsp3) is 0.385. The molecular formula is C26H32N6O3. The number of amides is 2.